The lowest BCUT2D eigenvalue weighted by molar-refractivity contribution is -0.144. The molecule has 1 aromatic carbocycles. The second-order valence-corrected chi connectivity index (χ2v) is 8.23. The van der Waals surface area contributed by atoms with Crippen LogP contribution in [0, 0.1) is 17.3 Å². The molecule has 3 N–H and O–H groups in total. The molecule has 1 fully saturated rings. The second-order valence-electron chi connectivity index (χ2n) is 8.23. The summed E-state index contributed by atoms with van der Waals surface area (Å²) < 4.78 is 5.28. The number of benzene rings is 1. The lowest BCUT2D eigenvalue weighted by Gasteiger charge is -2.27. The third-order valence-corrected chi connectivity index (χ3v) is 4.99. The van der Waals surface area contributed by atoms with Crippen LogP contribution in [0.2, 0.25) is 0 Å². The minimum absolute atomic E-state index is 0.0142. The normalized spacial score (nSPS) is 16.2. The van der Waals surface area contributed by atoms with Crippen molar-refractivity contribution in [3.63, 3.8) is 0 Å². The molecule has 1 aliphatic rings. The van der Waals surface area contributed by atoms with Crippen LogP contribution in [0.3, 0.4) is 0 Å². The molecule has 1 saturated heterocycles. The SMILES string of the molecule is CC(C)(C)C(=O)NCc1ccc(C(=O)NCC(C(=O)O)C2CCOCC2)cc1. The molecule has 1 aromatic rings. The molecule has 1 atom stereocenters. The summed E-state index contributed by atoms with van der Waals surface area (Å²) in [6.07, 6.45) is 1.39. The van der Waals surface area contributed by atoms with Crippen molar-refractivity contribution < 1.29 is 24.2 Å². The quantitative estimate of drug-likeness (QED) is 0.662. The lowest BCUT2D eigenvalue weighted by Crippen LogP contribution is -2.39. The van der Waals surface area contributed by atoms with Crippen molar-refractivity contribution in [2.24, 2.45) is 17.3 Å². The minimum atomic E-state index is -0.892. The summed E-state index contributed by atoms with van der Waals surface area (Å²) in [6.45, 7) is 7.16. The van der Waals surface area contributed by atoms with Gasteiger partial charge in [-0.2, -0.15) is 0 Å². The summed E-state index contributed by atoms with van der Waals surface area (Å²) in [5, 5.41) is 15.1. The first-order valence-corrected chi connectivity index (χ1v) is 9.64. The Morgan fingerprint density at radius 1 is 1.11 bits per heavy atom. The van der Waals surface area contributed by atoms with Gasteiger partial charge < -0.3 is 20.5 Å². The topological polar surface area (TPSA) is 105 Å². The fraction of sp³-hybridized carbons (Fsp3) is 0.571. The zero-order chi connectivity index (χ0) is 20.7. The zero-order valence-electron chi connectivity index (χ0n) is 16.8. The van der Waals surface area contributed by atoms with E-state index in [0.717, 1.165) is 5.56 Å². The standard InChI is InChI=1S/C21H30N2O5/c1-21(2,3)20(27)23-12-14-4-6-16(7-5-14)18(24)22-13-17(19(25)26)15-8-10-28-11-9-15/h4-7,15,17H,8-13H2,1-3H3,(H,22,24)(H,23,27)(H,25,26). The highest BCUT2D eigenvalue weighted by atomic mass is 16.5. The van der Waals surface area contributed by atoms with Crippen molar-refractivity contribution in [3.05, 3.63) is 35.4 Å². The first kappa shape index (κ1) is 21.9. The Bertz CT molecular complexity index is 688. The number of carboxylic acid groups (broad SMARTS) is 1. The van der Waals surface area contributed by atoms with E-state index >= 15 is 0 Å². The molecule has 2 amide bonds. The van der Waals surface area contributed by atoms with Crippen LogP contribution < -0.4 is 10.6 Å². The molecule has 2 rings (SSSR count). The van der Waals surface area contributed by atoms with E-state index in [4.69, 9.17) is 4.74 Å². The van der Waals surface area contributed by atoms with E-state index < -0.39 is 17.3 Å². The minimum Gasteiger partial charge on any atom is -0.481 e. The molecule has 0 bridgehead atoms. The maximum absolute atomic E-state index is 12.4. The molecule has 7 nitrogen and oxygen atoms in total. The number of carboxylic acids is 1. The molecular weight excluding hydrogens is 360 g/mol. The van der Waals surface area contributed by atoms with Gasteiger partial charge in [-0.3, -0.25) is 14.4 Å². The Labute approximate surface area is 165 Å². The molecule has 0 aliphatic carbocycles. The number of rotatable bonds is 7. The smallest absolute Gasteiger partial charge is 0.308 e. The zero-order valence-corrected chi connectivity index (χ0v) is 16.8. The van der Waals surface area contributed by atoms with Gasteiger partial charge in [0.1, 0.15) is 0 Å². The first-order valence-electron chi connectivity index (χ1n) is 9.64. The van der Waals surface area contributed by atoms with Gasteiger partial charge >= 0.3 is 5.97 Å². The summed E-state index contributed by atoms with van der Waals surface area (Å²) >= 11 is 0. The maximum Gasteiger partial charge on any atom is 0.308 e. The predicted octanol–water partition coefficient (Wildman–Crippen LogP) is 2.21. The molecule has 28 heavy (non-hydrogen) atoms. The largest absolute Gasteiger partial charge is 0.481 e. The Balaban J connectivity index is 1.88. The van der Waals surface area contributed by atoms with Crippen LogP contribution in [0.1, 0.15) is 49.5 Å². The van der Waals surface area contributed by atoms with Gasteiger partial charge in [-0.1, -0.05) is 32.9 Å². The average molecular weight is 390 g/mol. The lowest BCUT2D eigenvalue weighted by atomic mass is 9.86. The molecular formula is C21H30N2O5. The molecule has 1 aliphatic heterocycles. The first-order chi connectivity index (χ1) is 13.2. The number of hydrogen-bond acceptors (Lipinski definition) is 4. The van der Waals surface area contributed by atoms with Gasteiger partial charge in [-0.15, -0.1) is 0 Å². The Kier molecular flexibility index (Phi) is 7.57. The van der Waals surface area contributed by atoms with Crippen molar-refractivity contribution in [2.45, 2.75) is 40.2 Å². The third-order valence-electron chi connectivity index (χ3n) is 4.99. The summed E-state index contributed by atoms with van der Waals surface area (Å²) in [7, 11) is 0. The van der Waals surface area contributed by atoms with Crippen molar-refractivity contribution in [2.75, 3.05) is 19.8 Å². The van der Waals surface area contributed by atoms with Crippen molar-refractivity contribution in [3.8, 4) is 0 Å². The van der Waals surface area contributed by atoms with Gasteiger partial charge in [0, 0.05) is 37.3 Å². The highest BCUT2D eigenvalue weighted by molar-refractivity contribution is 5.94. The van der Waals surface area contributed by atoms with Crippen molar-refractivity contribution >= 4 is 17.8 Å². The number of amides is 2. The molecule has 1 unspecified atom stereocenters. The van der Waals surface area contributed by atoms with Crippen LogP contribution >= 0.6 is 0 Å². The maximum atomic E-state index is 12.4. The van der Waals surface area contributed by atoms with Crippen molar-refractivity contribution in [1.29, 1.82) is 0 Å². The molecule has 0 spiro atoms. The number of carbonyl (C=O) groups is 3. The summed E-state index contributed by atoms with van der Waals surface area (Å²) in [5.41, 5.74) is 0.895. The van der Waals surface area contributed by atoms with Crippen LogP contribution in [-0.2, 0) is 20.9 Å². The van der Waals surface area contributed by atoms with Gasteiger partial charge in [-0.25, -0.2) is 0 Å². The van der Waals surface area contributed by atoms with Crippen LogP contribution in [-0.4, -0.2) is 42.6 Å². The average Bonchev–Trinajstić information content (AvgIpc) is 2.66. The number of ether oxygens (including phenoxy) is 1. The Hall–Kier alpha value is -2.41. The molecule has 154 valence electrons. The second kappa shape index (κ2) is 9.68. The molecule has 0 radical (unpaired) electrons. The number of nitrogens with one attached hydrogen (secondary N) is 2. The summed E-state index contributed by atoms with van der Waals surface area (Å²) in [6, 6.07) is 6.92. The van der Waals surface area contributed by atoms with Gasteiger partial charge in [0.05, 0.1) is 5.92 Å². The van der Waals surface area contributed by atoms with E-state index in [9.17, 15) is 19.5 Å². The van der Waals surface area contributed by atoms with Gasteiger partial charge in [0.15, 0.2) is 0 Å². The number of hydrogen-bond donors (Lipinski definition) is 3. The fourth-order valence-electron chi connectivity index (χ4n) is 3.10. The van der Waals surface area contributed by atoms with E-state index in [0.29, 0.717) is 38.2 Å². The third kappa shape index (κ3) is 6.34. The monoisotopic (exact) mass is 390 g/mol. The van der Waals surface area contributed by atoms with Crippen LogP contribution in [0.4, 0.5) is 0 Å². The van der Waals surface area contributed by atoms with Crippen molar-refractivity contribution in [1.82, 2.24) is 10.6 Å². The Morgan fingerprint density at radius 2 is 1.71 bits per heavy atom. The highest BCUT2D eigenvalue weighted by Gasteiger charge is 2.30. The van der Waals surface area contributed by atoms with Gasteiger partial charge in [-0.05, 0) is 36.5 Å². The van der Waals surface area contributed by atoms with Crippen LogP contribution in [0.25, 0.3) is 0 Å². The molecule has 1 heterocycles. The number of aliphatic carboxylic acids is 1. The number of carbonyl (C=O) groups excluding carboxylic acids is 2. The van der Waals surface area contributed by atoms with Crippen LogP contribution in [0.15, 0.2) is 24.3 Å². The summed E-state index contributed by atoms with van der Waals surface area (Å²) in [4.78, 5) is 35.8. The van der Waals surface area contributed by atoms with Gasteiger partial charge in [0.25, 0.3) is 5.91 Å². The molecule has 0 saturated carbocycles. The molecule has 0 aromatic heterocycles. The fourth-order valence-corrected chi connectivity index (χ4v) is 3.10. The van der Waals surface area contributed by atoms with E-state index in [1.165, 1.54) is 0 Å². The van der Waals surface area contributed by atoms with E-state index in [1.807, 2.05) is 20.8 Å². The van der Waals surface area contributed by atoms with E-state index in [1.54, 1.807) is 24.3 Å². The highest BCUT2D eigenvalue weighted by Crippen LogP contribution is 2.24. The predicted molar refractivity (Wildman–Crippen MR) is 105 cm³/mol. The van der Waals surface area contributed by atoms with Gasteiger partial charge in [0.2, 0.25) is 5.91 Å². The van der Waals surface area contributed by atoms with E-state index in [-0.39, 0.29) is 24.3 Å². The summed E-state index contributed by atoms with van der Waals surface area (Å²) in [5.74, 6) is -1.83. The Morgan fingerprint density at radius 3 is 2.25 bits per heavy atom. The van der Waals surface area contributed by atoms with Crippen LogP contribution in [0.5, 0.6) is 0 Å². The van der Waals surface area contributed by atoms with E-state index in [2.05, 4.69) is 10.6 Å². The molecule has 7 heteroatoms.